The maximum Gasteiger partial charge on any atom is 0.472 e. The minimum Gasteiger partial charge on any atom is -0.462 e. The van der Waals surface area contributed by atoms with Gasteiger partial charge < -0.3 is 25.8 Å². The Bertz CT molecular complexity index is 1020. The van der Waals surface area contributed by atoms with Crippen LogP contribution in [0, 0.1) is 0 Å². The molecule has 0 bridgehead atoms. The number of hydrogen-bond donors (Lipinski definition) is 3. The molecule has 5 N–H and O–H groups in total. The fourth-order valence-electron chi connectivity index (χ4n) is 5.84. The van der Waals surface area contributed by atoms with Crippen LogP contribution in [0.2, 0.25) is 0 Å². The van der Waals surface area contributed by atoms with Gasteiger partial charge in [0, 0.05) is 12.8 Å². The Morgan fingerprint density at radius 1 is 0.593 bits per heavy atom. The Kier molecular flexibility index (Phi) is 37.5. The second-order valence-corrected chi connectivity index (χ2v) is 15.8. The van der Waals surface area contributed by atoms with E-state index in [4.69, 9.17) is 30.0 Å². The first kappa shape index (κ1) is 51.8. The largest absolute Gasteiger partial charge is 0.472 e. The van der Waals surface area contributed by atoms with E-state index >= 15 is 0 Å². The Labute approximate surface area is 329 Å². The lowest BCUT2D eigenvalue weighted by molar-refractivity contribution is -0.161. The van der Waals surface area contributed by atoms with Crippen LogP contribution in [0.1, 0.15) is 194 Å². The molecule has 0 spiro atoms. The summed E-state index contributed by atoms with van der Waals surface area (Å²) < 4.78 is 33.1. The zero-order valence-corrected chi connectivity index (χ0v) is 35.3. The molecular weight excluding hydrogens is 705 g/mol. The van der Waals surface area contributed by atoms with Crippen molar-refractivity contribution in [2.75, 3.05) is 26.4 Å². The zero-order chi connectivity index (χ0) is 39.8. The number of allylic oxidation sites excluding steroid dienone is 4. The molecule has 0 saturated carbocycles. The van der Waals surface area contributed by atoms with Crippen LogP contribution in [0.4, 0.5) is 0 Å². The quantitative estimate of drug-likeness (QED) is 0.0135. The second kappa shape index (κ2) is 39.1. The van der Waals surface area contributed by atoms with Crippen molar-refractivity contribution in [1.29, 1.82) is 0 Å². The molecule has 2 unspecified atom stereocenters. The highest BCUT2D eigenvalue weighted by molar-refractivity contribution is 7.47. The van der Waals surface area contributed by atoms with Gasteiger partial charge in [0.2, 0.25) is 0 Å². The van der Waals surface area contributed by atoms with Crippen LogP contribution in [0.5, 0.6) is 0 Å². The lowest BCUT2D eigenvalue weighted by Crippen LogP contribution is -2.29. The number of phosphoric ester groups is 1. The van der Waals surface area contributed by atoms with Gasteiger partial charge in [-0.15, -0.1) is 0 Å². The third-order valence-corrected chi connectivity index (χ3v) is 10.1. The summed E-state index contributed by atoms with van der Waals surface area (Å²) in [5.41, 5.74) is 10.5. The van der Waals surface area contributed by atoms with Crippen LogP contribution in [-0.4, -0.2) is 55.3 Å². The van der Waals surface area contributed by atoms with Crippen molar-refractivity contribution < 1.29 is 37.6 Å². The number of hydrogen-bond acceptors (Lipinski definition) is 8. The van der Waals surface area contributed by atoms with Crippen molar-refractivity contribution in [1.82, 2.24) is 0 Å². The Hall–Kier alpha value is -2.20. The third-order valence-electron chi connectivity index (χ3n) is 9.08. The molecular formula is C42H80N3O8P. The first-order chi connectivity index (χ1) is 26.2. The topological polar surface area (TPSA) is 173 Å². The van der Waals surface area contributed by atoms with Gasteiger partial charge in [0.15, 0.2) is 12.1 Å². The number of unbranched alkanes of at least 4 members (excludes halogenated alkanes) is 22. The molecule has 54 heavy (non-hydrogen) atoms. The maximum absolute atomic E-state index is 12.6. The van der Waals surface area contributed by atoms with Gasteiger partial charge in [0.05, 0.1) is 19.8 Å². The van der Waals surface area contributed by atoms with Gasteiger partial charge in [0.25, 0.3) is 0 Å². The highest BCUT2D eigenvalue weighted by Crippen LogP contribution is 2.43. The van der Waals surface area contributed by atoms with Crippen molar-refractivity contribution in [3.63, 3.8) is 0 Å². The molecule has 0 fully saturated rings. The summed E-state index contributed by atoms with van der Waals surface area (Å²) in [6, 6.07) is 0. The van der Waals surface area contributed by atoms with Crippen LogP contribution >= 0.6 is 7.82 Å². The van der Waals surface area contributed by atoms with Gasteiger partial charge in [-0.1, -0.05) is 141 Å². The lowest BCUT2D eigenvalue weighted by atomic mass is 10.1. The predicted molar refractivity (Wildman–Crippen MR) is 222 cm³/mol. The van der Waals surface area contributed by atoms with Crippen molar-refractivity contribution in [2.45, 2.75) is 200 Å². The summed E-state index contributed by atoms with van der Waals surface area (Å²) in [7, 11) is -4.49. The molecule has 11 nitrogen and oxygen atoms in total. The standard InChI is InChI=1S/C42H80N3O8P/c1-3-5-7-9-11-13-15-17-19-21-23-25-27-29-31-33-40(46)50-37-39(38-52-54(48,49)51-36-35-45-42(43)44)53-41(47)34-32-30-28-26-24-22-20-18-16-14-12-10-8-6-4-2/h17-20,39H,3-16,21-38H2,1-2H3,(H,48,49)(H4,43,44,45)/b19-17-,20-18-. The second-order valence-electron chi connectivity index (χ2n) is 14.4. The van der Waals surface area contributed by atoms with E-state index in [2.05, 4.69) is 43.1 Å². The summed E-state index contributed by atoms with van der Waals surface area (Å²) in [6.07, 6.45) is 38.8. The van der Waals surface area contributed by atoms with Crippen molar-refractivity contribution in [2.24, 2.45) is 16.5 Å². The SMILES string of the molecule is CCCCCCCC/C=C\CCCCCCCC(=O)OCC(COP(=O)(O)OCCN=C(N)N)OC(=O)CCCCCCC/C=C\CCCCCCCC. The number of rotatable bonds is 40. The van der Waals surface area contributed by atoms with E-state index in [0.717, 1.165) is 64.2 Å². The Morgan fingerprint density at radius 2 is 1.00 bits per heavy atom. The van der Waals surface area contributed by atoms with Crippen molar-refractivity contribution in [3.8, 4) is 0 Å². The van der Waals surface area contributed by atoms with E-state index < -0.39 is 32.5 Å². The van der Waals surface area contributed by atoms with E-state index in [0.29, 0.717) is 12.8 Å². The summed E-state index contributed by atoms with van der Waals surface area (Å²) in [5, 5.41) is 0. The van der Waals surface area contributed by atoms with Crippen molar-refractivity contribution in [3.05, 3.63) is 24.3 Å². The molecule has 0 saturated heterocycles. The molecule has 0 rings (SSSR count). The summed E-state index contributed by atoms with van der Waals surface area (Å²) in [5.74, 6) is -1.06. The average Bonchev–Trinajstić information content (AvgIpc) is 3.14. The number of carbonyl (C=O) groups is 2. The van der Waals surface area contributed by atoms with E-state index in [1.165, 1.54) is 89.9 Å². The van der Waals surface area contributed by atoms with Gasteiger partial charge in [-0.05, 0) is 64.2 Å². The minimum absolute atomic E-state index is 0.0292. The number of phosphoric acid groups is 1. The lowest BCUT2D eigenvalue weighted by Gasteiger charge is -2.20. The molecule has 0 radical (unpaired) electrons. The van der Waals surface area contributed by atoms with Crippen LogP contribution in [0.3, 0.4) is 0 Å². The number of carbonyl (C=O) groups excluding carboxylic acids is 2. The number of nitrogens with zero attached hydrogens (tertiary/aromatic N) is 1. The average molecular weight is 786 g/mol. The molecule has 0 aromatic heterocycles. The van der Waals surface area contributed by atoms with Crippen LogP contribution in [-0.2, 0) is 32.7 Å². The molecule has 0 heterocycles. The molecule has 12 heteroatoms. The van der Waals surface area contributed by atoms with Crippen LogP contribution in [0.25, 0.3) is 0 Å². The molecule has 0 aromatic rings. The van der Waals surface area contributed by atoms with Gasteiger partial charge in [0.1, 0.15) is 6.61 Å². The van der Waals surface area contributed by atoms with Gasteiger partial charge in [-0.2, -0.15) is 0 Å². The molecule has 0 aromatic carbocycles. The molecule has 0 amide bonds. The van der Waals surface area contributed by atoms with E-state index in [1.54, 1.807) is 0 Å². The fraction of sp³-hybridized carbons (Fsp3) is 0.833. The van der Waals surface area contributed by atoms with Crippen molar-refractivity contribution >= 4 is 25.7 Å². The maximum atomic E-state index is 12.6. The zero-order valence-electron chi connectivity index (χ0n) is 34.4. The third kappa shape index (κ3) is 39.5. The molecule has 316 valence electrons. The highest BCUT2D eigenvalue weighted by Gasteiger charge is 2.26. The number of aliphatic imine (C=N–C) groups is 1. The number of esters is 2. The Balaban J connectivity index is 4.37. The van der Waals surface area contributed by atoms with E-state index in [9.17, 15) is 19.0 Å². The van der Waals surface area contributed by atoms with Crippen LogP contribution in [0.15, 0.2) is 29.3 Å². The van der Waals surface area contributed by atoms with Gasteiger partial charge in [-0.3, -0.25) is 23.6 Å². The normalized spacial score (nSPS) is 13.3. The first-order valence-electron chi connectivity index (χ1n) is 21.5. The fourth-order valence-corrected chi connectivity index (χ4v) is 6.59. The number of ether oxygens (including phenoxy) is 2. The molecule has 0 aliphatic heterocycles. The monoisotopic (exact) mass is 786 g/mol. The number of nitrogens with two attached hydrogens (primary N) is 2. The van der Waals surface area contributed by atoms with Crippen LogP contribution < -0.4 is 11.5 Å². The van der Waals surface area contributed by atoms with Gasteiger partial charge >= 0.3 is 19.8 Å². The summed E-state index contributed by atoms with van der Waals surface area (Å²) >= 11 is 0. The van der Waals surface area contributed by atoms with E-state index in [-0.39, 0.29) is 38.6 Å². The Morgan fingerprint density at radius 3 is 1.44 bits per heavy atom. The molecule has 0 aliphatic carbocycles. The summed E-state index contributed by atoms with van der Waals surface area (Å²) in [4.78, 5) is 38.8. The first-order valence-corrected chi connectivity index (χ1v) is 23.0. The smallest absolute Gasteiger partial charge is 0.462 e. The summed E-state index contributed by atoms with van der Waals surface area (Å²) in [6.45, 7) is 3.45. The molecule has 2 atom stereocenters. The minimum atomic E-state index is -4.49. The van der Waals surface area contributed by atoms with Gasteiger partial charge in [-0.25, -0.2) is 4.57 Å². The van der Waals surface area contributed by atoms with E-state index in [1.807, 2.05) is 0 Å². The predicted octanol–water partition coefficient (Wildman–Crippen LogP) is 10.9. The highest BCUT2D eigenvalue weighted by atomic mass is 31.2. The number of guanidine groups is 1. The molecule has 0 aliphatic rings.